The van der Waals surface area contributed by atoms with Gasteiger partial charge < -0.3 is 10.1 Å². The maximum absolute atomic E-state index is 12.3. The number of nitrogens with zero attached hydrogens (tertiary/aromatic N) is 1. The summed E-state index contributed by atoms with van der Waals surface area (Å²) in [5.74, 6) is 0.369. The standard InChI is InChI=1S/C19H22Cl2N2O4S/c1-27-15-10-8-14(9-11-15)5-4-12-22-18(24)13-23(28(2,25)26)17-7-3-6-16(20)19(17)21/h3,6-11H,4-5,12-13H2,1-2H3,(H,22,24). The number of sulfonamides is 1. The minimum Gasteiger partial charge on any atom is -0.497 e. The highest BCUT2D eigenvalue weighted by Crippen LogP contribution is 2.33. The lowest BCUT2D eigenvalue weighted by molar-refractivity contribution is -0.119. The number of halogens is 2. The maximum atomic E-state index is 12.3. The van der Waals surface area contributed by atoms with Crippen molar-refractivity contribution >= 4 is 44.8 Å². The number of nitrogens with one attached hydrogen (secondary N) is 1. The van der Waals surface area contributed by atoms with Crippen LogP contribution in [0.15, 0.2) is 42.5 Å². The average molecular weight is 445 g/mol. The third-order valence-corrected chi connectivity index (χ3v) is 5.95. The zero-order valence-corrected chi connectivity index (χ0v) is 17.9. The van der Waals surface area contributed by atoms with E-state index in [0.29, 0.717) is 6.54 Å². The molecule has 0 spiro atoms. The van der Waals surface area contributed by atoms with Crippen molar-refractivity contribution in [3.63, 3.8) is 0 Å². The fourth-order valence-electron chi connectivity index (χ4n) is 2.56. The molecule has 28 heavy (non-hydrogen) atoms. The summed E-state index contributed by atoms with van der Waals surface area (Å²) in [5, 5.41) is 3.04. The van der Waals surface area contributed by atoms with Crippen molar-refractivity contribution in [2.75, 3.05) is 30.8 Å². The summed E-state index contributed by atoms with van der Waals surface area (Å²) >= 11 is 12.1. The van der Waals surface area contributed by atoms with Crippen molar-refractivity contribution in [1.82, 2.24) is 5.32 Å². The highest BCUT2D eigenvalue weighted by molar-refractivity contribution is 7.92. The Kier molecular flexibility index (Phi) is 7.98. The molecule has 0 saturated carbocycles. The second-order valence-electron chi connectivity index (χ2n) is 6.14. The Labute approximate surface area is 175 Å². The Balaban J connectivity index is 1.92. The van der Waals surface area contributed by atoms with Crippen molar-refractivity contribution in [3.8, 4) is 5.75 Å². The van der Waals surface area contributed by atoms with Crippen LogP contribution in [0.25, 0.3) is 0 Å². The van der Waals surface area contributed by atoms with Crippen LogP contribution in [-0.2, 0) is 21.2 Å². The van der Waals surface area contributed by atoms with Crippen LogP contribution in [0, 0.1) is 0 Å². The number of anilines is 1. The number of benzene rings is 2. The predicted molar refractivity (Wildman–Crippen MR) is 113 cm³/mol. The van der Waals surface area contributed by atoms with Crippen LogP contribution in [-0.4, -0.2) is 40.8 Å². The van der Waals surface area contributed by atoms with Gasteiger partial charge in [0, 0.05) is 6.54 Å². The van der Waals surface area contributed by atoms with E-state index in [0.717, 1.165) is 34.7 Å². The smallest absolute Gasteiger partial charge is 0.240 e. The molecule has 0 aliphatic heterocycles. The van der Waals surface area contributed by atoms with Gasteiger partial charge in [-0.2, -0.15) is 0 Å². The molecule has 0 aromatic heterocycles. The lowest BCUT2D eigenvalue weighted by Crippen LogP contribution is -2.40. The van der Waals surface area contributed by atoms with Crippen molar-refractivity contribution in [1.29, 1.82) is 0 Å². The summed E-state index contributed by atoms with van der Waals surface area (Å²) in [6.07, 6.45) is 2.51. The first kappa shape index (κ1) is 22.3. The van der Waals surface area contributed by atoms with E-state index in [9.17, 15) is 13.2 Å². The minimum absolute atomic E-state index is 0.0851. The molecule has 0 fully saturated rings. The van der Waals surface area contributed by atoms with Crippen molar-refractivity contribution in [2.24, 2.45) is 0 Å². The number of methoxy groups -OCH3 is 1. The van der Waals surface area contributed by atoms with Gasteiger partial charge in [-0.05, 0) is 42.7 Å². The fraction of sp³-hybridized carbons (Fsp3) is 0.316. The van der Waals surface area contributed by atoms with Crippen LogP contribution < -0.4 is 14.4 Å². The lowest BCUT2D eigenvalue weighted by Gasteiger charge is -2.23. The molecular formula is C19H22Cl2N2O4S. The topological polar surface area (TPSA) is 75.7 Å². The van der Waals surface area contributed by atoms with E-state index >= 15 is 0 Å². The highest BCUT2D eigenvalue weighted by Gasteiger charge is 2.23. The Morgan fingerprint density at radius 1 is 1.14 bits per heavy atom. The quantitative estimate of drug-likeness (QED) is 0.600. The van der Waals surface area contributed by atoms with E-state index in [1.165, 1.54) is 6.07 Å². The number of carbonyl (C=O) groups is 1. The maximum Gasteiger partial charge on any atom is 0.240 e. The third kappa shape index (κ3) is 6.29. The van der Waals surface area contributed by atoms with Crippen molar-refractivity contribution in [3.05, 3.63) is 58.1 Å². The van der Waals surface area contributed by atoms with Crippen molar-refractivity contribution in [2.45, 2.75) is 12.8 Å². The number of amides is 1. The van der Waals surface area contributed by atoms with E-state index in [1.807, 2.05) is 24.3 Å². The van der Waals surface area contributed by atoms with E-state index < -0.39 is 15.9 Å². The number of rotatable bonds is 9. The SMILES string of the molecule is COc1ccc(CCCNC(=O)CN(c2cccc(Cl)c2Cl)S(C)(=O)=O)cc1. The first-order chi connectivity index (χ1) is 13.2. The van der Waals surface area contributed by atoms with E-state index in [4.69, 9.17) is 27.9 Å². The highest BCUT2D eigenvalue weighted by atomic mass is 35.5. The first-order valence-corrected chi connectivity index (χ1v) is 11.1. The Morgan fingerprint density at radius 2 is 1.82 bits per heavy atom. The molecule has 2 rings (SSSR count). The second-order valence-corrected chi connectivity index (χ2v) is 8.84. The number of ether oxygens (including phenoxy) is 1. The molecule has 2 aromatic carbocycles. The van der Waals surface area contributed by atoms with Crippen LogP contribution in [0.3, 0.4) is 0 Å². The molecule has 1 N–H and O–H groups in total. The normalized spacial score (nSPS) is 11.1. The molecule has 1 amide bonds. The van der Waals surface area contributed by atoms with Gasteiger partial charge in [0.15, 0.2) is 0 Å². The first-order valence-electron chi connectivity index (χ1n) is 8.53. The van der Waals surface area contributed by atoms with Gasteiger partial charge in [0.25, 0.3) is 0 Å². The Morgan fingerprint density at radius 3 is 2.43 bits per heavy atom. The number of hydrogen-bond acceptors (Lipinski definition) is 4. The van der Waals surface area contributed by atoms with Crippen LogP contribution in [0.1, 0.15) is 12.0 Å². The molecule has 2 aromatic rings. The summed E-state index contributed by atoms with van der Waals surface area (Å²) in [6, 6.07) is 12.3. The molecule has 9 heteroatoms. The molecule has 0 aliphatic rings. The molecular weight excluding hydrogens is 423 g/mol. The van der Waals surface area contributed by atoms with Gasteiger partial charge in [-0.25, -0.2) is 8.42 Å². The predicted octanol–water partition coefficient (Wildman–Crippen LogP) is 3.52. The van der Waals surface area contributed by atoms with Crippen LogP contribution in [0.4, 0.5) is 5.69 Å². The summed E-state index contributed by atoms with van der Waals surface area (Å²) in [6.45, 7) is 0.0488. The second kappa shape index (κ2) is 10.0. The van der Waals surface area contributed by atoms with Gasteiger partial charge in [0.2, 0.25) is 15.9 Å². The molecule has 6 nitrogen and oxygen atoms in total. The average Bonchev–Trinajstić information content (AvgIpc) is 2.65. The summed E-state index contributed by atoms with van der Waals surface area (Å²) < 4.78 is 30.3. The molecule has 152 valence electrons. The molecule has 0 radical (unpaired) electrons. The largest absolute Gasteiger partial charge is 0.497 e. The minimum atomic E-state index is -3.71. The molecule has 0 aliphatic carbocycles. The zero-order valence-electron chi connectivity index (χ0n) is 15.6. The monoisotopic (exact) mass is 444 g/mol. The van der Waals surface area contributed by atoms with Gasteiger partial charge in [0.05, 0.1) is 29.1 Å². The van der Waals surface area contributed by atoms with Crippen molar-refractivity contribution < 1.29 is 17.9 Å². The van der Waals surface area contributed by atoms with E-state index in [-0.39, 0.29) is 22.3 Å². The van der Waals surface area contributed by atoms with Crippen LogP contribution >= 0.6 is 23.2 Å². The summed E-state index contributed by atoms with van der Waals surface area (Å²) in [4.78, 5) is 12.3. The zero-order chi connectivity index (χ0) is 20.7. The summed E-state index contributed by atoms with van der Waals surface area (Å²) in [5.41, 5.74) is 1.29. The van der Waals surface area contributed by atoms with Gasteiger partial charge >= 0.3 is 0 Å². The van der Waals surface area contributed by atoms with Gasteiger partial charge in [-0.3, -0.25) is 9.10 Å². The number of carbonyl (C=O) groups excluding carboxylic acids is 1. The lowest BCUT2D eigenvalue weighted by atomic mass is 10.1. The van der Waals surface area contributed by atoms with Crippen LogP contribution in [0.2, 0.25) is 10.0 Å². The number of hydrogen-bond donors (Lipinski definition) is 1. The van der Waals surface area contributed by atoms with Gasteiger partial charge in [0.1, 0.15) is 12.3 Å². The Hall–Kier alpha value is -1.96. The van der Waals surface area contributed by atoms with Crippen LogP contribution in [0.5, 0.6) is 5.75 Å². The Bertz CT molecular complexity index is 918. The van der Waals surface area contributed by atoms with E-state index in [1.54, 1.807) is 19.2 Å². The number of aryl methyl sites for hydroxylation is 1. The van der Waals surface area contributed by atoms with Gasteiger partial charge in [-0.1, -0.05) is 41.4 Å². The van der Waals surface area contributed by atoms with Gasteiger partial charge in [-0.15, -0.1) is 0 Å². The third-order valence-electron chi connectivity index (χ3n) is 4.01. The molecule has 0 unspecified atom stereocenters. The molecule has 0 heterocycles. The van der Waals surface area contributed by atoms with E-state index in [2.05, 4.69) is 5.32 Å². The molecule has 0 saturated heterocycles. The summed E-state index contributed by atoms with van der Waals surface area (Å²) in [7, 11) is -2.10. The molecule has 0 atom stereocenters. The fourth-order valence-corrected chi connectivity index (χ4v) is 3.87. The molecule has 0 bridgehead atoms.